The fourth-order valence-electron chi connectivity index (χ4n) is 5.12. The van der Waals surface area contributed by atoms with E-state index in [2.05, 4.69) is 31.5 Å². The van der Waals surface area contributed by atoms with Gasteiger partial charge in [0.05, 0.1) is 18.1 Å². The second-order valence-corrected chi connectivity index (χ2v) is 12.2. The monoisotopic (exact) mass is 642 g/mol. The fraction of sp³-hybridized carbons (Fsp3) is 0.433. The SMILES string of the molecule is COC(=O)CCCc1cc(CNC(=O)OC(C)(C)C)ccc1NC(=O)C[C@@H]1CCc2cc(Br)cc3[nH]c(=O)c(=O)n1c23. The van der Waals surface area contributed by atoms with Crippen LogP contribution in [0.3, 0.4) is 0 Å². The number of hydrogen-bond acceptors (Lipinski definition) is 7. The van der Waals surface area contributed by atoms with Crippen molar-refractivity contribution >= 4 is 50.6 Å². The number of aromatic nitrogens is 2. The summed E-state index contributed by atoms with van der Waals surface area (Å²) < 4.78 is 12.3. The summed E-state index contributed by atoms with van der Waals surface area (Å²) in [5.74, 6) is -0.641. The van der Waals surface area contributed by atoms with E-state index in [9.17, 15) is 24.0 Å². The Labute approximate surface area is 251 Å². The molecule has 1 aliphatic heterocycles. The number of esters is 1. The molecule has 224 valence electrons. The summed E-state index contributed by atoms with van der Waals surface area (Å²) in [6.07, 6.45) is 1.81. The molecule has 0 radical (unpaired) electrons. The molecule has 0 saturated carbocycles. The maximum atomic E-state index is 13.3. The van der Waals surface area contributed by atoms with Crippen molar-refractivity contribution < 1.29 is 23.9 Å². The number of aryl methyl sites for hydroxylation is 2. The molecule has 0 bridgehead atoms. The quantitative estimate of drug-likeness (QED) is 0.230. The number of carbonyl (C=O) groups is 3. The molecule has 2 heterocycles. The molecule has 2 amide bonds. The van der Waals surface area contributed by atoms with Crippen LogP contribution in [0.15, 0.2) is 44.4 Å². The largest absolute Gasteiger partial charge is 0.469 e. The normalized spacial score (nSPS) is 14.4. The molecule has 3 aromatic rings. The van der Waals surface area contributed by atoms with Gasteiger partial charge >= 0.3 is 23.2 Å². The third-order valence-corrected chi connectivity index (χ3v) is 7.38. The van der Waals surface area contributed by atoms with Crippen LogP contribution in [0.25, 0.3) is 11.0 Å². The summed E-state index contributed by atoms with van der Waals surface area (Å²) in [4.78, 5) is 65.1. The van der Waals surface area contributed by atoms with Crippen LogP contribution in [-0.4, -0.2) is 40.2 Å². The molecular weight excluding hydrogens is 608 g/mol. The lowest BCUT2D eigenvalue weighted by molar-refractivity contribution is -0.140. The van der Waals surface area contributed by atoms with Gasteiger partial charge in [0.15, 0.2) is 0 Å². The molecule has 1 atom stereocenters. The topological polar surface area (TPSA) is 149 Å². The highest BCUT2D eigenvalue weighted by atomic mass is 79.9. The Morgan fingerprint density at radius 2 is 1.90 bits per heavy atom. The first-order chi connectivity index (χ1) is 19.8. The highest BCUT2D eigenvalue weighted by Gasteiger charge is 2.27. The van der Waals surface area contributed by atoms with Crippen molar-refractivity contribution in [1.29, 1.82) is 0 Å². The summed E-state index contributed by atoms with van der Waals surface area (Å²) >= 11 is 3.45. The molecule has 4 rings (SSSR count). The summed E-state index contributed by atoms with van der Waals surface area (Å²) in [7, 11) is 1.33. The second-order valence-electron chi connectivity index (χ2n) is 11.3. The lowest BCUT2D eigenvalue weighted by Gasteiger charge is -2.27. The molecule has 2 aromatic carbocycles. The molecule has 1 aliphatic rings. The highest BCUT2D eigenvalue weighted by Crippen LogP contribution is 2.32. The molecule has 0 saturated heterocycles. The van der Waals surface area contributed by atoms with Crippen LogP contribution < -0.4 is 21.8 Å². The van der Waals surface area contributed by atoms with Gasteiger partial charge in [-0.15, -0.1) is 0 Å². The number of halogens is 1. The van der Waals surface area contributed by atoms with Gasteiger partial charge in [0.1, 0.15) is 5.60 Å². The van der Waals surface area contributed by atoms with Gasteiger partial charge in [-0.1, -0.05) is 28.1 Å². The van der Waals surface area contributed by atoms with E-state index in [1.165, 1.54) is 11.7 Å². The smallest absolute Gasteiger partial charge is 0.407 e. The average Bonchev–Trinajstić information content (AvgIpc) is 2.91. The van der Waals surface area contributed by atoms with Gasteiger partial charge < -0.3 is 25.1 Å². The molecule has 3 N–H and O–H groups in total. The predicted molar refractivity (Wildman–Crippen MR) is 162 cm³/mol. The number of ether oxygens (including phenoxy) is 2. The van der Waals surface area contributed by atoms with E-state index < -0.39 is 28.9 Å². The zero-order valence-electron chi connectivity index (χ0n) is 24.1. The Morgan fingerprint density at radius 3 is 2.62 bits per heavy atom. The Kier molecular flexibility index (Phi) is 9.55. The zero-order chi connectivity index (χ0) is 30.6. The maximum Gasteiger partial charge on any atom is 0.407 e. The van der Waals surface area contributed by atoms with Crippen molar-refractivity contribution in [2.45, 2.75) is 77.5 Å². The number of hydrogen-bond donors (Lipinski definition) is 3. The number of H-pyrrole nitrogens is 1. The van der Waals surface area contributed by atoms with Crippen LogP contribution in [-0.2, 0) is 38.4 Å². The summed E-state index contributed by atoms with van der Waals surface area (Å²) in [5, 5.41) is 5.68. The third kappa shape index (κ3) is 7.67. The van der Waals surface area contributed by atoms with Crippen LogP contribution in [0.5, 0.6) is 0 Å². The number of amides is 2. The molecule has 12 heteroatoms. The van der Waals surface area contributed by atoms with Crippen molar-refractivity contribution in [1.82, 2.24) is 14.9 Å². The minimum Gasteiger partial charge on any atom is -0.469 e. The summed E-state index contributed by atoms with van der Waals surface area (Å²) in [5.41, 5.74) is 2.19. The van der Waals surface area contributed by atoms with E-state index in [0.717, 1.165) is 21.2 Å². The van der Waals surface area contributed by atoms with E-state index in [1.54, 1.807) is 39.0 Å². The number of methoxy groups -OCH3 is 1. The number of benzene rings is 2. The van der Waals surface area contributed by atoms with Crippen LogP contribution in [0.4, 0.5) is 10.5 Å². The van der Waals surface area contributed by atoms with E-state index in [-0.39, 0.29) is 31.3 Å². The Hall–Kier alpha value is -3.93. The van der Waals surface area contributed by atoms with Crippen LogP contribution >= 0.6 is 15.9 Å². The Morgan fingerprint density at radius 1 is 1.14 bits per heavy atom. The van der Waals surface area contributed by atoms with E-state index in [0.29, 0.717) is 42.4 Å². The number of alkyl carbamates (subject to hydrolysis) is 1. The third-order valence-electron chi connectivity index (χ3n) is 6.92. The lowest BCUT2D eigenvalue weighted by Crippen LogP contribution is -2.41. The number of nitrogens with one attached hydrogen (secondary N) is 3. The van der Waals surface area contributed by atoms with Crippen LogP contribution in [0.2, 0.25) is 0 Å². The molecule has 0 spiro atoms. The minimum absolute atomic E-state index is 0.00246. The molecule has 0 unspecified atom stereocenters. The maximum absolute atomic E-state index is 13.3. The average molecular weight is 644 g/mol. The molecule has 0 aliphatic carbocycles. The molecule has 1 aromatic heterocycles. The Balaban J connectivity index is 1.53. The van der Waals surface area contributed by atoms with Gasteiger partial charge in [-0.25, -0.2) is 4.79 Å². The summed E-state index contributed by atoms with van der Waals surface area (Å²) in [6.45, 7) is 5.56. The first kappa shape index (κ1) is 31.0. The van der Waals surface area contributed by atoms with Gasteiger partial charge in [-0.3, -0.25) is 23.7 Å². The first-order valence-electron chi connectivity index (χ1n) is 13.8. The molecule has 0 fully saturated rings. The van der Waals surface area contributed by atoms with Crippen molar-refractivity contribution in [3.8, 4) is 0 Å². The minimum atomic E-state index is -0.734. The first-order valence-corrected chi connectivity index (χ1v) is 14.6. The van der Waals surface area contributed by atoms with E-state index in [1.807, 2.05) is 12.1 Å². The van der Waals surface area contributed by atoms with Gasteiger partial charge in [-0.2, -0.15) is 0 Å². The molecule has 42 heavy (non-hydrogen) atoms. The van der Waals surface area contributed by atoms with Crippen molar-refractivity contribution in [2.75, 3.05) is 12.4 Å². The number of rotatable bonds is 9. The van der Waals surface area contributed by atoms with Gasteiger partial charge in [0.25, 0.3) is 0 Å². The highest BCUT2D eigenvalue weighted by molar-refractivity contribution is 9.10. The van der Waals surface area contributed by atoms with E-state index >= 15 is 0 Å². The van der Waals surface area contributed by atoms with Crippen LogP contribution in [0.1, 0.15) is 69.2 Å². The van der Waals surface area contributed by atoms with E-state index in [4.69, 9.17) is 9.47 Å². The van der Waals surface area contributed by atoms with Crippen molar-refractivity contribution in [2.24, 2.45) is 0 Å². The molecule has 11 nitrogen and oxygen atoms in total. The number of nitrogens with zero attached hydrogens (tertiary/aromatic N) is 1. The number of anilines is 1. The number of aromatic amines is 1. The Bertz CT molecular complexity index is 1640. The van der Waals surface area contributed by atoms with Crippen LogP contribution in [0, 0.1) is 0 Å². The van der Waals surface area contributed by atoms with Crippen molar-refractivity contribution in [3.63, 3.8) is 0 Å². The van der Waals surface area contributed by atoms with Gasteiger partial charge in [0, 0.05) is 35.6 Å². The lowest BCUT2D eigenvalue weighted by atomic mass is 9.96. The van der Waals surface area contributed by atoms with Gasteiger partial charge in [-0.05, 0) is 81.3 Å². The van der Waals surface area contributed by atoms with Gasteiger partial charge in [0.2, 0.25) is 5.91 Å². The zero-order valence-corrected chi connectivity index (χ0v) is 25.7. The fourth-order valence-corrected chi connectivity index (χ4v) is 5.63. The second kappa shape index (κ2) is 12.9. The standard InChI is InChI=1S/C30H35BrN4O7/c1-30(2,3)42-29(40)32-16-17-8-11-22(18(12-17)6-5-7-25(37)41-4)33-24(36)15-21-10-9-19-13-20(31)14-23-26(19)35(21)28(39)27(38)34-23/h8,11-14,21H,5-7,9-10,15-16H2,1-4H3,(H,32,40)(H,33,36)(H,34,38)/t21-/m0/s1. The number of carbonyl (C=O) groups excluding carboxylic acids is 3. The molecular formula is C30H35BrN4O7. The van der Waals surface area contributed by atoms with Crippen molar-refractivity contribution in [3.05, 3.63) is 72.2 Å². The summed E-state index contributed by atoms with van der Waals surface area (Å²) in [6, 6.07) is 8.59. The predicted octanol–water partition coefficient (Wildman–Crippen LogP) is 4.49.